The van der Waals surface area contributed by atoms with Gasteiger partial charge in [-0.3, -0.25) is 4.79 Å². The second-order valence-electron chi connectivity index (χ2n) is 7.91. The maximum atomic E-state index is 12.2. The maximum absolute atomic E-state index is 12.2. The van der Waals surface area contributed by atoms with Crippen molar-refractivity contribution < 1.29 is 4.79 Å². The molecule has 3 rings (SSSR count). The van der Waals surface area contributed by atoms with Crippen LogP contribution in [-0.2, 0) is 4.79 Å². The first kappa shape index (κ1) is 22.0. The van der Waals surface area contributed by atoms with Crippen molar-refractivity contribution in [2.75, 3.05) is 5.75 Å². The second-order valence-corrected chi connectivity index (χ2v) is 8.86. The molecule has 0 bridgehead atoms. The molecule has 0 radical (unpaired) electrons. The van der Waals surface area contributed by atoms with E-state index in [1.165, 1.54) is 22.9 Å². The van der Waals surface area contributed by atoms with Gasteiger partial charge in [0.25, 0.3) is 0 Å². The Kier molecular flexibility index (Phi) is 7.21. The summed E-state index contributed by atoms with van der Waals surface area (Å²) in [7, 11) is 0. The molecule has 0 fully saturated rings. The number of hydrogen-bond donors (Lipinski definition) is 1. The van der Waals surface area contributed by atoms with Crippen LogP contribution in [0, 0.1) is 19.8 Å². The van der Waals surface area contributed by atoms with E-state index in [2.05, 4.69) is 67.5 Å². The van der Waals surface area contributed by atoms with Gasteiger partial charge in [-0.05, 0) is 26.7 Å². The predicted octanol–water partition coefficient (Wildman–Crippen LogP) is 5.08. The highest BCUT2D eigenvalue weighted by Gasteiger charge is 2.16. The summed E-state index contributed by atoms with van der Waals surface area (Å²) in [5.41, 5.74) is 5.82. The van der Waals surface area contributed by atoms with Crippen LogP contribution in [0.25, 0.3) is 22.5 Å². The zero-order valence-corrected chi connectivity index (χ0v) is 19.0. The monoisotopic (exact) mass is 420 g/mol. The van der Waals surface area contributed by atoms with Gasteiger partial charge in [-0.1, -0.05) is 85.3 Å². The number of nitrogens with zero attached hydrogens (tertiary/aromatic N) is 3. The lowest BCUT2D eigenvalue weighted by molar-refractivity contribution is -0.119. The molecular weight excluding hydrogens is 392 g/mol. The first-order valence-electron chi connectivity index (χ1n) is 10.1. The molecular formula is C24H28N4OS. The lowest BCUT2D eigenvalue weighted by Gasteiger charge is -2.17. The molecule has 3 aromatic rings. The number of aryl methyl sites for hydroxylation is 2. The normalized spacial score (nSPS) is 12.1. The van der Waals surface area contributed by atoms with Crippen LogP contribution in [0.3, 0.4) is 0 Å². The number of thioether (sulfide) groups is 1. The van der Waals surface area contributed by atoms with Crippen LogP contribution in [0.4, 0.5) is 0 Å². The van der Waals surface area contributed by atoms with Crippen LogP contribution >= 0.6 is 11.8 Å². The van der Waals surface area contributed by atoms with Gasteiger partial charge in [-0.25, -0.2) is 4.98 Å². The van der Waals surface area contributed by atoms with Crippen LogP contribution in [0.2, 0.25) is 0 Å². The summed E-state index contributed by atoms with van der Waals surface area (Å²) in [4.78, 5) is 17.0. The van der Waals surface area contributed by atoms with Crippen LogP contribution in [0.5, 0.6) is 0 Å². The Morgan fingerprint density at radius 3 is 1.93 bits per heavy atom. The van der Waals surface area contributed by atoms with E-state index < -0.39 is 0 Å². The van der Waals surface area contributed by atoms with Crippen molar-refractivity contribution in [3.8, 4) is 22.5 Å². The Labute approximate surface area is 182 Å². The lowest BCUT2D eigenvalue weighted by atomic mass is 10.0. The van der Waals surface area contributed by atoms with Gasteiger partial charge in [0, 0.05) is 17.2 Å². The van der Waals surface area contributed by atoms with E-state index in [1.807, 2.05) is 31.2 Å². The SMILES string of the molecule is Cc1ccc(-c2nnc(SCC(=O)N[C@H](C)C(C)C)nc2-c2ccc(C)cc2)cc1. The molecule has 30 heavy (non-hydrogen) atoms. The largest absolute Gasteiger partial charge is 0.353 e. The minimum atomic E-state index is -0.0238. The molecule has 0 unspecified atom stereocenters. The summed E-state index contributed by atoms with van der Waals surface area (Å²) in [6, 6.07) is 16.5. The molecule has 0 aliphatic heterocycles. The van der Waals surface area contributed by atoms with Crippen LogP contribution in [-0.4, -0.2) is 32.9 Å². The highest BCUT2D eigenvalue weighted by molar-refractivity contribution is 7.99. The van der Waals surface area contributed by atoms with Gasteiger partial charge >= 0.3 is 0 Å². The topological polar surface area (TPSA) is 67.8 Å². The van der Waals surface area contributed by atoms with Crippen molar-refractivity contribution >= 4 is 17.7 Å². The zero-order chi connectivity index (χ0) is 21.7. The van der Waals surface area contributed by atoms with Gasteiger partial charge in [0.05, 0.1) is 5.75 Å². The van der Waals surface area contributed by atoms with E-state index in [-0.39, 0.29) is 17.7 Å². The second kappa shape index (κ2) is 9.85. The molecule has 6 heteroatoms. The van der Waals surface area contributed by atoms with Crippen molar-refractivity contribution in [3.05, 3.63) is 59.7 Å². The van der Waals surface area contributed by atoms with E-state index in [9.17, 15) is 4.79 Å². The fourth-order valence-corrected chi connectivity index (χ4v) is 3.38. The fourth-order valence-electron chi connectivity index (χ4n) is 2.78. The number of benzene rings is 2. The molecule has 1 amide bonds. The van der Waals surface area contributed by atoms with Crippen LogP contribution in [0.1, 0.15) is 31.9 Å². The minimum absolute atomic E-state index is 0.0238. The minimum Gasteiger partial charge on any atom is -0.353 e. The van der Waals surface area contributed by atoms with Crippen LogP contribution < -0.4 is 5.32 Å². The molecule has 2 aromatic carbocycles. The Hall–Kier alpha value is -2.73. The van der Waals surface area contributed by atoms with Gasteiger partial charge in [0.15, 0.2) is 0 Å². The Bertz CT molecular complexity index is 1000. The summed E-state index contributed by atoms with van der Waals surface area (Å²) in [6.07, 6.45) is 0. The molecule has 0 aliphatic rings. The third kappa shape index (κ3) is 5.66. The molecule has 1 atom stereocenters. The summed E-state index contributed by atoms with van der Waals surface area (Å²) in [6.45, 7) is 10.3. The van der Waals surface area contributed by atoms with E-state index in [0.717, 1.165) is 22.5 Å². The number of nitrogens with one attached hydrogen (secondary N) is 1. The van der Waals surface area contributed by atoms with E-state index in [0.29, 0.717) is 11.1 Å². The number of rotatable bonds is 7. The maximum Gasteiger partial charge on any atom is 0.230 e. The molecule has 1 N–H and O–H groups in total. The molecule has 0 saturated carbocycles. The first-order chi connectivity index (χ1) is 14.3. The van der Waals surface area contributed by atoms with E-state index in [4.69, 9.17) is 4.98 Å². The number of carbonyl (C=O) groups is 1. The Balaban J connectivity index is 1.88. The van der Waals surface area contributed by atoms with Crippen LogP contribution in [0.15, 0.2) is 53.7 Å². The fraction of sp³-hybridized carbons (Fsp3) is 0.333. The molecule has 1 aromatic heterocycles. The van der Waals surface area contributed by atoms with Crippen molar-refractivity contribution in [2.45, 2.75) is 45.8 Å². The van der Waals surface area contributed by atoms with Crippen molar-refractivity contribution in [1.82, 2.24) is 20.5 Å². The van der Waals surface area contributed by atoms with E-state index in [1.54, 1.807) is 0 Å². The van der Waals surface area contributed by atoms with Gasteiger partial charge in [-0.2, -0.15) is 0 Å². The number of aromatic nitrogens is 3. The lowest BCUT2D eigenvalue weighted by Crippen LogP contribution is -2.37. The molecule has 156 valence electrons. The number of hydrogen-bond acceptors (Lipinski definition) is 5. The average molecular weight is 421 g/mol. The Morgan fingerprint density at radius 1 is 0.867 bits per heavy atom. The molecule has 1 heterocycles. The molecule has 5 nitrogen and oxygen atoms in total. The quantitative estimate of drug-likeness (QED) is 0.540. The summed E-state index contributed by atoms with van der Waals surface area (Å²) >= 11 is 1.30. The standard InChI is InChI=1S/C24H28N4OS/c1-15(2)18(5)25-21(29)14-30-24-26-22(19-10-6-16(3)7-11-19)23(27-28-24)20-12-8-17(4)9-13-20/h6-13,15,18H,14H2,1-5H3,(H,25,29)/t18-/m1/s1. The predicted molar refractivity (Wildman–Crippen MR) is 123 cm³/mol. The summed E-state index contributed by atoms with van der Waals surface area (Å²) in [5.74, 6) is 0.624. The smallest absolute Gasteiger partial charge is 0.230 e. The van der Waals surface area contributed by atoms with Gasteiger partial charge in [-0.15, -0.1) is 10.2 Å². The van der Waals surface area contributed by atoms with Crippen molar-refractivity contribution in [3.63, 3.8) is 0 Å². The van der Waals surface area contributed by atoms with Gasteiger partial charge < -0.3 is 5.32 Å². The number of amides is 1. The van der Waals surface area contributed by atoms with Gasteiger partial charge in [0.2, 0.25) is 11.1 Å². The Morgan fingerprint density at radius 2 is 1.40 bits per heavy atom. The van der Waals surface area contributed by atoms with Gasteiger partial charge in [0.1, 0.15) is 11.4 Å². The highest BCUT2D eigenvalue weighted by atomic mass is 32.2. The summed E-state index contributed by atoms with van der Waals surface area (Å²) < 4.78 is 0. The molecule has 0 spiro atoms. The highest BCUT2D eigenvalue weighted by Crippen LogP contribution is 2.30. The third-order valence-corrected chi connectivity index (χ3v) is 5.88. The molecule has 0 aliphatic carbocycles. The average Bonchev–Trinajstić information content (AvgIpc) is 2.73. The van der Waals surface area contributed by atoms with Crippen molar-refractivity contribution in [2.24, 2.45) is 5.92 Å². The number of carbonyl (C=O) groups excluding carboxylic acids is 1. The first-order valence-corrected chi connectivity index (χ1v) is 11.1. The molecule has 0 saturated heterocycles. The third-order valence-electron chi connectivity index (χ3n) is 5.04. The van der Waals surface area contributed by atoms with E-state index >= 15 is 0 Å². The van der Waals surface area contributed by atoms with Crippen molar-refractivity contribution in [1.29, 1.82) is 0 Å². The summed E-state index contributed by atoms with van der Waals surface area (Å²) in [5, 5.41) is 12.3. The zero-order valence-electron chi connectivity index (χ0n) is 18.1.